The van der Waals surface area contributed by atoms with Gasteiger partial charge in [-0.1, -0.05) is 25.5 Å². The predicted molar refractivity (Wildman–Crippen MR) is 141 cm³/mol. The van der Waals surface area contributed by atoms with Crippen LogP contribution in [-0.4, -0.2) is 55.7 Å². The molecule has 3 aromatic rings. The number of phenols is 1. The maximum absolute atomic E-state index is 13.0. The number of unbranched alkanes of at least 4 members (excludes halogenated alkanes) is 1. The van der Waals surface area contributed by atoms with Crippen molar-refractivity contribution in [3.05, 3.63) is 66.1 Å². The van der Waals surface area contributed by atoms with Crippen LogP contribution in [0.5, 0.6) is 5.75 Å². The van der Waals surface area contributed by atoms with E-state index in [-0.39, 0.29) is 17.6 Å². The lowest BCUT2D eigenvalue weighted by atomic mass is 9.94. The number of hydrogen-bond acceptors (Lipinski definition) is 6. The van der Waals surface area contributed by atoms with Gasteiger partial charge in [-0.2, -0.15) is 5.10 Å². The van der Waals surface area contributed by atoms with Crippen LogP contribution in [0, 0.1) is 5.92 Å². The molecule has 0 aliphatic carbocycles. The van der Waals surface area contributed by atoms with E-state index in [1.54, 1.807) is 30.5 Å². The molecule has 9 nitrogen and oxygen atoms in total. The van der Waals surface area contributed by atoms with Crippen LogP contribution in [0.1, 0.15) is 43.9 Å². The van der Waals surface area contributed by atoms with Gasteiger partial charge in [0.25, 0.3) is 0 Å². The molecule has 1 fully saturated rings. The van der Waals surface area contributed by atoms with Crippen LogP contribution in [0.25, 0.3) is 11.3 Å². The molecule has 9 heteroatoms. The Balaban J connectivity index is 1.34. The van der Waals surface area contributed by atoms with Crippen molar-refractivity contribution in [3.63, 3.8) is 0 Å². The van der Waals surface area contributed by atoms with E-state index in [0.717, 1.165) is 74.4 Å². The summed E-state index contributed by atoms with van der Waals surface area (Å²) in [6, 6.07) is 11.9. The molecule has 1 atom stereocenters. The van der Waals surface area contributed by atoms with Gasteiger partial charge in [0.1, 0.15) is 11.8 Å². The highest BCUT2D eigenvalue weighted by atomic mass is 16.3. The lowest BCUT2D eigenvalue weighted by Gasteiger charge is -2.32. The third kappa shape index (κ3) is 7.16. The van der Waals surface area contributed by atoms with Gasteiger partial charge in [-0.3, -0.25) is 24.2 Å². The Morgan fingerprint density at radius 3 is 2.59 bits per heavy atom. The molecule has 2 aromatic heterocycles. The van der Waals surface area contributed by atoms with Crippen LogP contribution >= 0.6 is 0 Å². The van der Waals surface area contributed by atoms with Crippen LogP contribution in [-0.2, 0) is 29.1 Å². The van der Waals surface area contributed by atoms with Crippen molar-refractivity contribution in [1.82, 2.24) is 25.0 Å². The number of nitrogens with one attached hydrogen (secondary N) is 1. The Bertz CT molecular complexity index is 1170. The van der Waals surface area contributed by atoms with Gasteiger partial charge in [0, 0.05) is 43.4 Å². The van der Waals surface area contributed by atoms with Gasteiger partial charge in [0.05, 0.1) is 11.4 Å². The smallest absolute Gasteiger partial charge is 0.240 e. The zero-order chi connectivity index (χ0) is 26.2. The SMILES string of the molecule is CCCCn1nc(-c2cccnc2)cc1CN1CCC(C(=O)N[C@@H](Cc2ccc(O)cc2)C(N)=O)CC1. The minimum atomic E-state index is -0.783. The largest absolute Gasteiger partial charge is 0.508 e. The van der Waals surface area contributed by atoms with Crippen molar-refractivity contribution in [2.24, 2.45) is 11.7 Å². The molecule has 1 aromatic carbocycles. The summed E-state index contributed by atoms with van der Waals surface area (Å²) in [5.74, 6) is -0.705. The second-order valence-electron chi connectivity index (χ2n) is 9.72. The Kier molecular flexibility index (Phi) is 8.90. The van der Waals surface area contributed by atoms with Crippen molar-refractivity contribution in [1.29, 1.82) is 0 Å². The maximum Gasteiger partial charge on any atom is 0.240 e. The van der Waals surface area contributed by atoms with Gasteiger partial charge in [-0.25, -0.2) is 0 Å². The summed E-state index contributed by atoms with van der Waals surface area (Å²) in [5, 5.41) is 17.2. The molecule has 0 radical (unpaired) electrons. The number of benzene rings is 1. The summed E-state index contributed by atoms with van der Waals surface area (Å²) in [6.45, 7) is 5.40. The van der Waals surface area contributed by atoms with E-state index >= 15 is 0 Å². The number of likely N-dealkylation sites (tertiary alicyclic amines) is 1. The van der Waals surface area contributed by atoms with E-state index < -0.39 is 11.9 Å². The first-order valence-corrected chi connectivity index (χ1v) is 13.0. The molecule has 0 unspecified atom stereocenters. The standard InChI is InChI=1S/C28H36N6O3/c1-2-3-13-34-23(17-25(32-34)22-5-4-12-30-18-22)19-33-14-10-21(11-15-33)28(37)31-26(27(29)36)16-20-6-8-24(35)9-7-20/h4-9,12,17-18,21,26,35H,2-3,10-11,13-16,19H2,1H3,(H2,29,36)(H,31,37)/t26-/m0/s1. The fourth-order valence-electron chi connectivity index (χ4n) is 4.70. The Hall–Kier alpha value is -3.72. The molecule has 0 spiro atoms. The zero-order valence-electron chi connectivity index (χ0n) is 21.3. The van der Waals surface area contributed by atoms with Gasteiger partial charge in [0.2, 0.25) is 11.8 Å². The first kappa shape index (κ1) is 26.3. The van der Waals surface area contributed by atoms with Crippen molar-refractivity contribution in [2.75, 3.05) is 13.1 Å². The van der Waals surface area contributed by atoms with Gasteiger partial charge < -0.3 is 16.2 Å². The van der Waals surface area contributed by atoms with Gasteiger partial charge >= 0.3 is 0 Å². The van der Waals surface area contributed by atoms with E-state index in [0.29, 0.717) is 6.42 Å². The fourth-order valence-corrected chi connectivity index (χ4v) is 4.70. The van der Waals surface area contributed by atoms with Crippen LogP contribution in [0.2, 0.25) is 0 Å². The van der Waals surface area contributed by atoms with Gasteiger partial charge in [0.15, 0.2) is 0 Å². The number of primary amides is 1. The quantitative estimate of drug-likeness (QED) is 0.369. The molecule has 4 rings (SSSR count). The molecule has 4 N–H and O–H groups in total. The summed E-state index contributed by atoms with van der Waals surface area (Å²) >= 11 is 0. The zero-order valence-corrected chi connectivity index (χ0v) is 21.3. The average Bonchev–Trinajstić information content (AvgIpc) is 3.31. The third-order valence-electron chi connectivity index (χ3n) is 6.92. The Morgan fingerprint density at radius 2 is 1.95 bits per heavy atom. The number of nitrogens with two attached hydrogens (primary N) is 1. The summed E-state index contributed by atoms with van der Waals surface area (Å²) < 4.78 is 2.10. The molecule has 1 aliphatic heterocycles. The van der Waals surface area contributed by atoms with E-state index in [1.165, 1.54) is 0 Å². The number of nitrogens with zero attached hydrogens (tertiary/aromatic N) is 4. The summed E-state index contributed by atoms with van der Waals surface area (Å²) in [5.41, 5.74) is 9.49. The number of rotatable bonds is 11. The number of amides is 2. The summed E-state index contributed by atoms with van der Waals surface area (Å²) in [6.07, 6.45) is 7.49. The molecule has 37 heavy (non-hydrogen) atoms. The summed E-state index contributed by atoms with van der Waals surface area (Å²) in [7, 11) is 0. The van der Waals surface area contributed by atoms with Crippen molar-refractivity contribution < 1.29 is 14.7 Å². The Morgan fingerprint density at radius 1 is 1.19 bits per heavy atom. The van der Waals surface area contributed by atoms with Crippen molar-refractivity contribution in [2.45, 2.75) is 58.2 Å². The molecule has 2 amide bonds. The number of aromatic hydroxyl groups is 1. The number of phenolic OH excluding ortho intramolecular Hbond substituents is 1. The molecule has 3 heterocycles. The average molecular weight is 505 g/mol. The lowest BCUT2D eigenvalue weighted by Crippen LogP contribution is -2.49. The van der Waals surface area contributed by atoms with E-state index in [9.17, 15) is 14.7 Å². The number of carbonyl (C=O) groups excluding carboxylic acids is 2. The van der Waals surface area contributed by atoms with Crippen LogP contribution in [0.4, 0.5) is 0 Å². The number of hydrogen-bond donors (Lipinski definition) is 3. The number of piperidine rings is 1. The molecule has 196 valence electrons. The molecule has 1 saturated heterocycles. The van der Waals surface area contributed by atoms with Gasteiger partial charge in [-0.05, 0) is 68.2 Å². The van der Waals surface area contributed by atoms with Gasteiger partial charge in [-0.15, -0.1) is 0 Å². The third-order valence-corrected chi connectivity index (χ3v) is 6.92. The summed E-state index contributed by atoms with van der Waals surface area (Å²) in [4.78, 5) is 31.5. The first-order valence-electron chi connectivity index (χ1n) is 13.0. The van der Waals surface area contributed by atoms with Crippen LogP contribution in [0.3, 0.4) is 0 Å². The van der Waals surface area contributed by atoms with Crippen LogP contribution in [0.15, 0.2) is 54.9 Å². The van der Waals surface area contributed by atoms with E-state index in [2.05, 4.69) is 32.9 Å². The topological polar surface area (TPSA) is 126 Å². The monoisotopic (exact) mass is 504 g/mol. The first-order chi connectivity index (χ1) is 17.9. The maximum atomic E-state index is 13.0. The number of carbonyl (C=O) groups is 2. The van der Waals surface area contributed by atoms with Crippen LogP contribution < -0.4 is 11.1 Å². The second kappa shape index (κ2) is 12.5. The molecule has 0 bridgehead atoms. The minimum Gasteiger partial charge on any atom is -0.508 e. The van der Waals surface area contributed by atoms with E-state index in [4.69, 9.17) is 10.8 Å². The molecular formula is C28H36N6O3. The van der Waals surface area contributed by atoms with E-state index in [1.807, 2.05) is 18.3 Å². The highest BCUT2D eigenvalue weighted by Gasteiger charge is 2.28. The predicted octanol–water partition coefficient (Wildman–Crippen LogP) is 2.88. The van der Waals surface area contributed by atoms with Crippen molar-refractivity contribution >= 4 is 11.8 Å². The number of aryl methyl sites for hydroxylation is 1. The molecule has 1 aliphatic rings. The second-order valence-corrected chi connectivity index (χ2v) is 9.72. The highest BCUT2D eigenvalue weighted by molar-refractivity contribution is 5.87. The lowest BCUT2D eigenvalue weighted by molar-refractivity contribution is -0.131. The number of aromatic nitrogens is 3. The Labute approximate surface area is 217 Å². The fraction of sp³-hybridized carbons (Fsp3) is 0.429. The van der Waals surface area contributed by atoms with Crippen molar-refractivity contribution in [3.8, 4) is 17.0 Å². The minimum absolute atomic E-state index is 0.130. The highest BCUT2D eigenvalue weighted by Crippen LogP contribution is 2.23. The molecule has 0 saturated carbocycles. The number of pyridine rings is 1. The normalized spacial score (nSPS) is 15.4. The molecular weight excluding hydrogens is 468 g/mol.